The zero-order valence-corrected chi connectivity index (χ0v) is 18.8. The Hall–Kier alpha value is -2.88. The topological polar surface area (TPSA) is 52.6 Å². The van der Waals surface area contributed by atoms with Crippen LogP contribution in [0.15, 0.2) is 73.3 Å². The number of esters is 2. The standard InChI is InChI=1S/C27H34O4/c1-5-14-21(7-3)25(31-27(29)23-18-12-9-13-19-23)24(15-6-2)20(4)30-26(28)22-16-10-8-11-17-22/h7-13,16-21,24-25H,3,5-6,14-15H2,1-2,4H3. The summed E-state index contributed by atoms with van der Waals surface area (Å²) in [6.07, 6.45) is 4.45. The molecule has 0 aromatic heterocycles. The van der Waals surface area contributed by atoms with E-state index in [9.17, 15) is 9.59 Å². The molecule has 0 radical (unpaired) electrons. The van der Waals surface area contributed by atoms with E-state index in [0.29, 0.717) is 11.1 Å². The van der Waals surface area contributed by atoms with Crippen LogP contribution in [0.4, 0.5) is 0 Å². The van der Waals surface area contributed by atoms with Gasteiger partial charge < -0.3 is 9.47 Å². The summed E-state index contributed by atoms with van der Waals surface area (Å²) >= 11 is 0. The second-order valence-corrected chi connectivity index (χ2v) is 7.85. The van der Waals surface area contributed by atoms with E-state index in [1.54, 1.807) is 24.3 Å². The summed E-state index contributed by atoms with van der Waals surface area (Å²) in [7, 11) is 0. The van der Waals surface area contributed by atoms with E-state index in [0.717, 1.165) is 25.7 Å². The fraction of sp³-hybridized carbons (Fsp3) is 0.407. The first-order chi connectivity index (χ1) is 15.0. The van der Waals surface area contributed by atoms with Crippen molar-refractivity contribution >= 4 is 11.9 Å². The quantitative estimate of drug-likeness (QED) is 0.290. The van der Waals surface area contributed by atoms with E-state index in [1.807, 2.05) is 49.4 Å². The predicted molar refractivity (Wildman–Crippen MR) is 124 cm³/mol. The maximum Gasteiger partial charge on any atom is 0.338 e. The first-order valence-electron chi connectivity index (χ1n) is 11.2. The molecule has 0 saturated heterocycles. The average Bonchev–Trinajstić information content (AvgIpc) is 2.80. The van der Waals surface area contributed by atoms with E-state index in [1.165, 1.54) is 0 Å². The van der Waals surface area contributed by atoms with Crippen molar-refractivity contribution in [3.63, 3.8) is 0 Å². The van der Waals surface area contributed by atoms with Gasteiger partial charge in [-0.1, -0.05) is 69.2 Å². The Morgan fingerprint density at radius 1 is 0.839 bits per heavy atom. The van der Waals surface area contributed by atoms with Crippen LogP contribution >= 0.6 is 0 Å². The number of hydrogen-bond donors (Lipinski definition) is 0. The lowest BCUT2D eigenvalue weighted by Crippen LogP contribution is -2.40. The smallest absolute Gasteiger partial charge is 0.338 e. The summed E-state index contributed by atoms with van der Waals surface area (Å²) in [6, 6.07) is 17.9. The molecule has 0 aliphatic heterocycles. The normalized spacial score (nSPS) is 14.7. The fourth-order valence-corrected chi connectivity index (χ4v) is 3.91. The van der Waals surface area contributed by atoms with Gasteiger partial charge in [0.15, 0.2) is 0 Å². The molecule has 0 heterocycles. The molecule has 0 saturated carbocycles. The van der Waals surface area contributed by atoms with Crippen LogP contribution in [0.1, 0.15) is 67.2 Å². The predicted octanol–water partition coefficient (Wildman–Crippen LogP) is 6.48. The van der Waals surface area contributed by atoms with E-state index in [2.05, 4.69) is 20.4 Å². The van der Waals surface area contributed by atoms with E-state index >= 15 is 0 Å². The van der Waals surface area contributed by atoms with Gasteiger partial charge in [-0.15, -0.1) is 6.58 Å². The first-order valence-corrected chi connectivity index (χ1v) is 11.2. The molecular weight excluding hydrogens is 388 g/mol. The lowest BCUT2D eigenvalue weighted by Gasteiger charge is -2.35. The minimum atomic E-state index is -0.427. The number of carbonyl (C=O) groups excluding carboxylic acids is 2. The van der Waals surface area contributed by atoms with Crippen LogP contribution < -0.4 is 0 Å². The zero-order valence-electron chi connectivity index (χ0n) is 18.8. The Kier molecular flexibility index (Phi) is 10.0. The molecule has 0 bridgehead atoms. The molecule has 0 aliphatic carbocycles. The van der Waals surface area contributed by atoms with Gasteiger partial charge in [0.05, 0.1) is 11.1 Å². The summed E-state index contributed by atoms with van der Waals surface area (Å²) in [4.78, 5) is 25.5. The van der Waals surface area contributed by atoms with Crippen LogP contribution in [0.2, 0.25) is 0 Å². The molecule has 4 heteroatoms. The summed E-state index contributed by atoms with van der Waals surface area (Å²) < 4.78 is 11.9. The van der Waals surface area contributed by atoms with Crippen LogP contribution in [-0.2, 0) is 9.47 Å². The van der Waals surface area contributed by atoms with Crippen molar-refractivity contribution in [1.29, 1.82) is 0 Å². The molecule has 0 spiro atoms. The van der Waals surface area contributed by atoms with Crippen LogP contribution in [0, 0.1) is 11.8 Å². The highest BCUT2D eigenvalue weighted by Gasteiger charge is 2.36. The third kappa shape index (κ3) is 7.09. The third-order valence-electron chi connectivity index (χ3n) is 5.55. The van der Waals surface area contributed by atoms with Gasteiger partial charge in [-0.2, -0.15) is 0 Å². The molecule has 0 aliphatic rings. The van der Waals surface area contributed by atoms with Gasteiger partial charge in [0.1, 0.15) is 12.2 Å². The van der Waals surface area contributed by atoms with Gasteiger partial charge in [0.25, 0.3) is 0 Å². The molecular formula is C27H34O4. The average molecular weight is 423 g/mol. The summed E-state index contributed by atoms with van der Waals surface area (Å²) in [5.41, 5.74) is 1.02. The van der Waals surface area contributed by atoms with Gasteiger partial charge in [0, 0.05) is 11.8 Å². The number of ether oxygens (including phenoxy) is 2. The molecule has 0 amide bonds. The monoisotopic (exact) mass is 422 g/mol. The minimum Gasteiger partial charge on any atom is -0.459 e. The second kappa shape index (κ2) is 12.7. The second-order valence-electron chi connectivity index (χ2n) is 7.85. The molecule has 31 heavy (non-hydrogen) atoms. The number of carbonyl (C=O) groups is 2. The van der Waals surface area contributed by atoms with Crippen LogP contribution in [0.25, 0.3) is 0 Å². The van der Waals surface area contributed by atoms with E-state index in [4.69, 9.17) is 9.47 Å². The maximum absolute atomic E-state index is 12.9. The Morgan fingerprint density at radius 2 is 1.32 bits per heavy atom. The minimum absolute atomic E-state index is 0.0212. The molecule has 166 valence electrons. The van der Waals surface area contributed by atoms with E-state index < -0.39 is 12.2 Å². The molecule has 4 nitrogen and oxygen atoms in total. The SMILES string of the molecule is C=CC(CCC)C(OC(=O)c1ccccc1)C(CCC)C(C)OC(=O)c1ccccc1. The van der Waals surface area contributed by atoms with Crippen molar-refractivity contribution in [1.82, 2.24) is 0 Å². The zero-order chi connectivity index (χ0) is 22.6. The van der Waals surface area contributed by atoms with Crippen molar-refractivity contribution in [3.05, 3.63) is 84.4 Å². The highest BCUT2D eigenvalue weighted by Crippen LogP contribution is 2.31. The molecule has 2 aromatic carbocycles. The number of rotatable bonds is 12. The summed E-state index contributed by atoms with van der Waals surface area (Å²) in [6.45, 7) is 10.1. The van der Waals surface area contributed by atoms with Crippen molar-refractivity contribution in [3.8, 4) is 0 Å². The van der Waals surface area contributed by atoms with Crippen molar-refractivity contribution in [2.45, 2.75) is 58.7 Å². The van der Waals surface area contributed by atoms with Crippen LogP contribution in [0.3, 0.4) is 0 Å². The third-order valence-corrected chi connectivity index (χ3v) is 5.55. The number of benzene rings is 2. The van der Waals surface area contributed by atoms with Gasteiger partial charge >= 0.3 is 11.9 Å². The van der Waals surface area contributed by atoms with E-state index in [-0.39, 0.29) is 23.8 Å². The largest absolute Gasteiger partial charge is 0.459 e. The lowest BCUT2D eigenvalue weighted by molar-refractivity contribution is -0.0443. The molecule has 2 rings (SSSR count). The molecule has 0 fully saturated rings. The Bertz CT molecular complexity index is 816. The Morgan fingerprint density at radius 3 is 1.77 bits per heavy atom. The molecule has 0 N–H and O–H groups in total. The molecule has 2 aromatic rings. The molecule has 4 atom stereocenters. The van der Waals surface area contributed by atoms with Crippen LogP contribution in [0.5, 0.6) is 0 Å². The van der Waals surface area contributed by atoms with Gasteiger partial charge in [-0.3, -0.25) is 0 Å². The van der Waals surface area contributed by atoms with Crippen molar-refractivity contribution in [2.24, 2.45) is 11.8 Å². The summed E-state index contributed by atoms with van der Waals surface area (Å²) in [5, 5.41) is 0. The van der Waals surface area contributed by atoms with Crippen LogP contribution in [-0.4, -0.2) is 24.1 Å². The van der Waals surface area contributed by atoms with Gasteiger partial charge in [-0.05, 0) is 44.0 Å². The van der Waals surface area contributed by atoms with Gasteiger partial charge in [0.2, 0.25) is 0 Å². The van der Waals surface area contributed by atoms with Gasteiger partial charge in [-0.25, -0.2) is 9.59 Å². The Labute approximate surface area is 186 Å². The number of hydrogen-bond acceptors (Lipinski definition) is 4. The molecule has 4 unspecified atom stereocenters. The van der Waals surface area contributed by atoms with Crippen molar-refractivity contribution in [2.75, 3.05) is 0 Å². The highest BCUT2D eigenvalue weighted by atomic mass is 16.6. The maximum atomic E-state index is 12.9. The Balaban J connectivity index is 2.27. The first kappa shape index (κ1) is 24.4. The highest BCUT2D eigenvalue weighted by molar-refractivity contribution is 5.90. The fourth-order valence-electron chi connectivity index (χ4n) is 3.91. The van der Waals surface area contributed by atoms with Crippen molar-refractivity contribution < 1.29 is 19.1 Å². The lowest BCUT2D eigenvalue weighted by atomic mass is 9.82. The summed E-state index contributed by atoms with van der Waals surface area (Å²) in [5.74, 6) is -0.892.